The molecule has 0 spiro atoms. The van der Waals surface area contributed by atoms with Gasteiger partial charge in [-0.05, 0) is 38.7 Å². The van der Waals surface area contributed by atoms with Crippen LogP contribution in [0.25, 0.3) is 0 Å². The SMILES string of the molecule is Cc1nccc(NC2CCN(C(=O)C3CC3)CC2)n1. The number of nitrogens with one attached hydrogen (secondary N) is 1. The van der Waals surface area contributed by atoms with E-state index in [0.29, 0.717) is 17.9 Å². The van der Waals surface area contributed by atoms with Gasteiger partial charge in [-0.3, -0.25) is 4.79 Å². The highest BCUT2D eigenvalue weighted by atomic mass is 16.2. The van der Waals surface area contributed by atoms with Gasteiger partial charge in [0.15, 0.2) is 0 Å². The summed E-state index contributed by atoms with van der Waals surface area (Å²) < 4.78 is 0. The normalized spacial score (nSPS) is 20.4. The van der Waals surface area contributed by atoms with Crippen molar-refractivity contribution in [3.8, 4) is 0 Å². The number of nitrogens with zero attached hydrogens (tertiary/aromatic N) is 3. The van der Waals surface area contributed by atoms with Crippen LogP contribution in [0.3, 0.4) is 0 Å². The highest BCUT2D eigenvalue weighted by molar-refractivity contribution is 5.81. The summed E-state index contributed by atoms with van der Waals surface area (Å²) >= 11 is 0. The summed E-state index contributed by atoms with van der Waals surface area (Å²) in [6.07, 6.45) is 5.97. The first-order valence-corrected chi connectivity index (χ1v) is 7.07. The van der Waals surface area contributed by atoms with E-state index in [1.807, 2.05) is 17.9 Å². The van der Waals surface area contributed by atoms with Gasteiger partial charge < -0.3 is 10.2 Å². The first-order chi connectivity index (χ1) is 9.22. The Morgan fingerprint density at radius 3 is 2.68 bits per heavy atom. The minimum absolute atomic E-state index is 0.342. The molecule has 5 nitrogen and oxygen atoms in total. The lowest BCUT2D eigenvalue weighted by atomic mass is 10.0. The van der Waals surface area contributed by atoms with Gasteiger partial charge in [-0.2, -0.15) is 0 Å². The maximum Gasteiger partial charge on any atom is 0.225 e. The summed E-state index contributed by atoms with van der Waals surface area (Å²) in [5.74, 6) is 2.39. The quantitative estimate of drug-likeness (QED) is 0.896. The molecule has 1 N–H and O–H groups in total. The first-order valence-electron chi connectivity index (χ1n) is 7.07. The number of anilines is 1. The third-order valence-corrected chi connectivity index (χ3v) is 3.86. The molecule has 5 heteroatoms. The second-order valence-electron chi connectivity index (χ2n) is 5.51. The van der Waals surface area contributed by atoms with E-state index in [9.17, 15) is 4.79 Å². The lowest BCUT2D eigenvalue weighted by Crippen LogP contribution is -2.43. The fraction of sp³-hybridized carbons (Fsp3) is 0.643. The number of likely N-dealkylation sites (tertiary alicyclic amines) is 1. The second kappa shape index (κ2) is 5.15. The van der Waals surface area contributed by atoms with Gasteiger partial charge >= 0.3 is 0 Å². The van der Waals surface area contributed by atoms with Crippen LogP contribution in [0.15, 0.2) is 12.3 Å². The number of carbonyl (C=O) groups is 1. The zero-order chi connectivity index (χ0) is 13.2. The van der Waals surface area contributed by atoms with Crippen molar-refractivity contribution in [3.63, 3.8) is 0 Å². The summed E-state index contributed by atoms with van der Waals surface area (Å²) in [6.45, 7) is 3.64. The van der Waals surface area contributed by atoms with Gasteiger partial charge in [0.05, 0.1) is 0 Å². The zero-order valence-electron chi connectivity index (χ0n) is 11.3. The Morgan fingerprint density at radius 1 is 1.32 bits per heavy atom. The molecule has 1 aliphatic heterocycles. The molecule has 2 heterocycles. The number of hydrogen-bond donors (Lipinski definition) is 1. The van der Waals surface area contributed by atoms with Crippen molar-refractivity contribution in [3.05, 3.63) is 18.1 Å². The number of hydrogen-bond acceptors (Lipinski definition) is 4. The number of carbonyl (C=O) groups excluding carboxylic acids is 1. The van der Waals surface area contributed by atoms with Crippen LogP contribution in [0.1, 0.15) is 31.5 Å². The lowest BCUT2D eigenvalue weighted by Gasteiger charge is -2.32. The summed E-state index contributed by atoms with van der Waals surface area (Å²) in [5.41, 5.74) is 0. The molecule has 1 saturated carbocycles. The van der Waals surface area contributed by atoms with E-state index in [4.69, 9.17) is 0 Å². The summed E-state index contributed by atoms with van der Waals surface area (Å²) in [6, 6.07) is 2.31. The van der Waals surface area contributed by atoms with Crippen LogP contribution in [0.2, 0.25) is 0 Å². The molecule has 1 aromatic heterocycles. The Kier molecular flexibility index (Phi) is 3.36. The van der Waals surface area contributed by atoms with Crippen LogP contribution in [0.5, 0.6) is 0 Å². The molecule has 0 radical (unpaired) electrons. The minimum atomic E-state index is 0.342. The molecule has 1 aromatic rings. The van der Waals surface area contributed by atoms with Crippen LogP contribution in [0.4, 0.5) is 5.82 Å². The van der Waals surface area contributed by atoms with Gasteiger partial charge in [0.1, 0.15) is 11.6 Å². The zero-order valence-corrected chi connectivity index (χ0v) is 11.3. The molecule has 19 heavy (non-hydrogen) atoms. The average Bonchev–Trinajstić information content (AvgIpc) is 3.23. The highest BCUT2D eigenvalue weighted by Gasteiger charge is 2.34. The van der Waals surface area contributed by atoms with Crippen LogP contribution < -0.4 is 5.32 Å². The number of aromatic nitrogens is 2. The van der Waals surface area contributed by atoms with Gasteiger partial charge in [0.25, 0.3) is 0 Å². The Labute approximate surface area is 113 Å². The lowest BCUT2D eigenvalue weighted by molar-refractivity contribution is -0.133. The standard InChI is InChI=1S/C14H20N4O/c1-10-15-7-4-13(16-10)17-12-5-8-18(9-6-12)14(19)11-2-3-11/h4,7,11-12H,2-3,5-6,8-9H2,1H3,(H,15,16,17). The molecule has 102 valence electrons. The van der Waals surface area contributed by atoms with Crippen molar-refractivity contribution >= 4 is 11.7 Å². The molecule has 1 aliphatic carbocycles. The Bertz CT molecular complexity index is 464. The van der Waals surface area contributed by atoms with Crippen molar-refractivity contribution in [1.29, 1.82) is 0 Å². The van der Waals surface area contributed by atoms with E-state index in [1.165, 1.54) is 0 Å². The number of piperidine rings is 1. The summed E-state index contributed by atoms with van der Waals surface area (Å²) in [7, 11) is 0. The number of aryl methyl sites for hydroxylation is 1. The monoisotopic (exact) mass is 260 g/mol. The molecule has 0 aromatic carbocycles. The first kappa shape index (κ1) is 12.4. The molecular formula is C14H20N4O. The van der Waals surface area contributed by atoms with Crippen molar-refractivity contribution in [2.75, 3.05) is 18.4 Å². The fourth-order valence-electron chi connectivity index (χ4n) is 2.58. The van der Waals surface area contributed by atoms with E-state index in [-0.39, 0.29) is 0 Å². The van der Waals surface area contributed by atoms with Crippen molar-refractivity contribution in [2.24, 2.45) is 5.92 Å². The van der Waals surface area contributed by atoms with Crippen molar-refractivity contribution in [2.45, 2.75) is 38.6 Å². The fourth-order valence-corrected chi connectivity index (χ4v) is 2.58. The maximum absolute atomic E-state index is 12.0. The third-order valence-electron chi connectivity index (χ3n) is 3.86. The Balaban J connectivity index is 1.51. The van der Waals surface area contributed by atoms with Gasteiger partial charge in [-0.25, -0.2) is 9.97 Å². The molecule has 0 bridgehead atoms. The van der Waals surface area contributed by atoms with Crippen molar-refractivity contribution in [1.82, 2.24) is 14.9 Å². The predicted octanol–water partition coefficient (Wildman–Crippen LogP) is 1.60. The molecule has 2 fully saturated rings. The molecule has 1 saturated heterocycles. The summed E-state index contributed by atoms with van der Waals surface area (Å²) in [4.78, 5) is 22.4. The van der Waals surface area contributed by atoms with Crippen LogP contribution in [-0.4, -0.2) is 39.9 Å². The van der Waals surface area contributed by atoms with Gasteiger partial charge in [0, 0.05) is 31.2 Å². The Hall–Kier alpha value is -1.65. The molecule has 1 amide bonds. The van der Waals surface area contributed by atoms with E-state index < -0.39 is 0 Å². The van der Waals surface area contributed by atoms with E-state index in [1.54, 1.807) is 6.20 Å². The topological polar surface area (TPSA) is 58.1 Å². The molecular weight excluding hydrogens is 240 g/mol. The number of amides is 1. The van der Waals surface area contributed by atoms with Crippen LogP contribution >= 0.6 is 0 Å². The number of rotatable bonds is 3. The highest BCUT2D eigenvalue weighted by Crippen LogP contribution is 2.32. The smallest absolute Gasteiger partial charge is 0.225 e. The maximum atomic E-state index is 12.0. The van der Waals surface area contributed by atoms with Crippen molar-refractivity contribution < 1.29 is 4.79 Å². The molecule has 0 atom stereocenters. The predicted molar refractivity (Wildman–Crippen MR) is 72.7 cm³/mol. The largest absolute Gasteiger partial charge is 0.367 e. The summed E-state index contributed by atoms with van der Waals surface area (Å²) in [5, 5.41) is 3.44. The molecule has 3 rings (SSSR count). The van der Waals surface area contributed by atoms with Gasteiger partial charge in [-0.1, -0.05) is 0 Å². The van der Waals surface area contributed by atoms with Gasteiger partial charge in [-0.15, -0.1) is 0 Å². The molecule has 2 aliphatic rings. The van der Waals surface area contributed by atoms with E-state index in [2.05, 4.69) is 15.3 Å². The molecule has 0 unspecified atom stereocenters. The average molecular weight is 260 g/mol. The van der Waals surface area contributed by atoms with Crippen LogP contribution in [0, 0.1) is 12.8 Å². The second-order valence-corrected chi connectivity index (χ2v) is 5.51. The minimum Gasteiger partial charge on any atom is -0.367 e. The third kappa shape index (κ3) is 3.03. The van der Waals surface area contributed by atoms with E-state index >= 15 is 0 Å². The Morgan fingerprint density at radius 2 is 2.05 bits per heavy atom. The van der Waals surface area contributed by atoms with Gasteiger partial charge in [0.2, 0.25) is 5.91 Å². The van der Waals surface area contributed by atoms with Crippen LogP contribution in [-0.2, 0) is 4.79 Å². The van der Waals surface area contributed by atoms with E-state index in [0.717, 1.165) is 50.4 Å².